The first kappa shape index (κ1) is 27.5. The van der Waals surface area contributed by atoms with E-state index in [9.17, 15) is 4.79 Å². The Labute approximate surface area is 238 Å². The number of carbonyl (C=O) groups excluding carboxylic acids is 1. The van der Waals surface area contributed by atoms with E-state index in [2.05, 4.69) is 21.7 Å². The predicted molar refractivity (Wildman–Crippen MR) is 158 cm³/mol. The molecule has 2 aromatic heterocycles. The summed E-state index contributed by atoms with van der Waals surface area (Å²) in [5, 5.41) is 6.84. The van der Waals surface area contributed by atoms with Gasteiger partial charge in [0.2, 0.25) is 5.90 Å². The number of aromatic nitrogens is 2. The van der Waals surface area contributed by atoms with Crippen LogP contribution < -0.4 is 5.73 Å². The Morgan fingerprint density at radius 2 is 2.02 bits per heavy atom. The van der Waals surface area contributed by atoms with Crippen LogP contribution in [0.3, 0.4) is 0 Å². The molecule has 0 radical (unpaired) electrons. The zero-order valence-corrected chi connectivity index (χ0v) is 23.8. The molecule has 2 atom stereocenters. The molecule has 3 heterocycles. The minimum absolute atomic E-state index is 0.0437. The number of hydrogen-bond acceptors (Lipinski definition) is 8. The van der Waals surface area contributed by atoms with Gasteiger partial charge in [0.1, 0.15) is 10.8 Å². The van der Waals surface area contributed by atoms with Crippen molar-refractivity contribution >= 4 is 28.9 Å². The molecule has 9 heteroatoms. The molecule has 1 aliphatic heterocycles. The van der Waals surface area contributed by atoms with E-state index in [0.717, 1.165) is 29.1 Å². The average molecular weight is 556 g/mol. The normalized spacial score (nSPS) is 17.1. The summed E-state index contributed by atoms with van der Waals surface area (Å²) in [4.78, 5) is 24.8. The Balaban J connectivity index is 1.44. The Hall–Kier alpha value is -4.08. The van der Waals surface area contributed by atoms with Gasteiger partial charge in [0.15, 0.2) is 5.76 Å². The van der Waals surface area contributed by atoms with Crippen LogP contribution in [0.1, 0.15) is 58.0 Å². The maximum absolute atomic E-state index is 13.9. The quantitative estimate of drug-likeness (QED) is 0.161. The fourth-order valence-corrected chi connectivity index (χ4v) is 6.01. The highest BCUT2D eigenvalue weighted by Gasteiger charge is 2.33. The molecule has 0 saturated carbocycles. The summed E-state index contributed by atoms with van der Waals surface area (Å²) in [5.74, 6) is 1.13. The highest BCUT2D eigenvalue weighted by Crippen LogP contribution is 2.36. The van der Waals surface area contributed by atoms with Gasteiger partial charge in [-0.15, -0.1) is 11.3 Å². The summed E-state index contributed by atoms with van der Waals surface area (Å²) in [5.41, 5.74) is 9.66. The van der Waals surface area contributed by atoms with Crippen molar-refractivity contribution < 1.29 is 14.1 Å². The van der Waals surface area contributed by atoms with E-state index in [1.807, 2.05) is 66.6 Å². The first-order chi connectivity index (χ1) is 19.2. The van der Waals surface area contributed by atoms with Crippen LogP contribution in [0.2, 0.25) is 0 Å². The Kier molecular flexibility index (Phi) is 7.95. The second-order valence-corrected chi connectivity index (χ2v) is 11.2. The van der Waals surface area contributed by atoms with Gasteiger partial charge in [-0.2, -0.15) is 0 Å². The molecule has 1 amide bonds. The molecule has 1 saturated heterocycles. The largest absolute Gasteiger partial charge is 0.441 e. The van der Waals surface area contributed by atoms with Crippen LogP contribution >= 0.6 is 11.3 Å². The minimum atomic E-state index is -0.880. The van der Waals surface area contributed by atoms with E-state index in [4.69, 9.17) is 15.0 Å². The Bertz CT molecular complexity index is 1530. The minimum Gasteiger partial charge on any atom is -0.441 e. The van der Waals surface area contributed by atoms with Crippen LogP contribution in [0.25, 0.3) is 17.1 Å². The summed E-state index contributed by atoms with van der Waals surface area (Å²) in [6.45, 7) is 8.70. The van der Waals surface area contributed by atoms with Crippen molar-refractivity contribution in [1.29, 1.82) is 0 Å². The summed E-state index contributed by atoms with van der Waals surface area (Å²) < 4.78 is 11.6. The molecule has 4 aromatic rings. The average Bonchev–Trinajstić information content (AvgIpc) is 3.73. The standard InChI is InChI=1S/C31H33N5O3S/c1-20-19-40-28(35-20)26-11-8-14-36(26)29(37)25-16-23(15-24(17-25)27-12-13-34-39-27)21(2)38-30(33-4)31(3,32)18-22-9-6-5-7-10-22/h5-7,9-10,12-13,15-17,19,26H,2,8,11,14,18,32H2,1,3-4H3/t26-,31?/m1/s1. The number of hydrogen-bond donors (Lipinski definition) is 1. The van der Waals surface area contributed by atoms with Crippen LogP contribution in [0, 0.1) is 6.92 Å². The molecule has 5 rings (SSSR count). The van der Waals surface area contributed by atoms with Gasteiger partial charge in [-0.05, 0) is 56.9 Å². The third kappa shape index (κ3) is 5.90. The van der Waals surface area contributed by atoms with Gasteiger partial charge in [0.05, 0.1) is 17.8 Å². The monoisotopic (exact) mass is 555 g/mol. The number of aryl methyl sites for hydroxylation is 1. The lowest BCUT2D eigenvalue weighted by Crippen LogP contribution is -2.48. The zero-order chi connectivity index (χ0) is 28.3. The van der Waals surface area contributed by atoms with Crippen molar-refractivity contribution in [2.45, 2.75) is 44.7 Å². The number of rotatable bonds is 8. The van der Waals surface area contributed by atoms with Crippen molar-refractivity contribution in [1.82, 2.24) is 15.0 Å². The number of nitrogens with two attached hydrogens (primary N) is 1. The van der Waals surface area contributed by atoms with E-state index in [0.29, 0.717) is 47.1 Å². The van der Waals surface area contributed by atoms with Crippen LogP contribution in [0.4, 0.5) is 0 Å². The van der Waals surface area contributed by atoms with E-state index >= 15 is 0 Å². The first-order valence-corrected chi connectivity index (χ1v) is 14.1. The van der Waals surface area contributed by atoms with Gasteiger partial charge < -0.3 is 19.9 Å². The number of nitrogens with zero attached hydrogens (tertiary/aromatic N) is 4. The molecule has 8 nitrogen and oxygen atoms in total. The third-order valence-electron chi connectivity index (χ3n) is 6.99. The number of likely N-dealkylation sites (tertiary alicyclic amines) is 1. The zero-order valence-electron chi connectivity index (χ0n) is 23.0. The maximum Gasteiger partial charge on any atom is 0.254 e. The number of ether oxygens (including phenoxy) is 1. The molecule has 2 aromatic carbocycles. The molecule has 0 aliphatic carbocycles. The number of aliphatic imine (C=N–C) groups is 1. The lowest BCUT2D eigenvalue weighted by molar-refractivity contribution is 0.0735. The molecular weight excluding hydrogens is 522 g/mol. The Morgan fingerprint density at radius 1 is 1.25 bits per heavy atom. The molecule has 2 N–H and O–H groups in total. The SMILES string of the molecule is C=C(OC(=NC)C(C)(N)Cc1ccccc1)c1cc(C(=O)N2CCC[C@@H]2c2nc(C)cs2)cc(-c2ccno2)c1. The van der Waals surface area contributed by atoms with E-state index in [1.54, 1.807) is 36.7 Å². The van der Waals surface area contributed by atoms with Crippen molar-refractivity contribution in [3.63, 3.8) is 0 Å². The molecule has 40 heavy (non-hydrogen) atoms. The van der Waals surface area contributed by atoms with Crippen LogP contribution in [-0.4, -0.2) is 46.0 Å². The van der Waals surface area contributed by atoms with Gasteiger partial charge in [0.25, 0.3) is 5.91 Å². The van der Waals surface area contributed by atoms with E-state index < -0.39 is 5.54 Å². The number of thiazole rings is 1. The maximum atomic E-state index is 13.9. The van der Waals surface area contributed by atoms with E-state index in [-0.39, 0.29) is 11.9 Å². The fraction of sp³-hybridized carbons (Fsp3) is 0.290. The smallest absolute Gasteiger partial charge is 0.254 e. The van der Waals surface area contributed by atoms with Gasteiger partial charge in [0, 0.05) is 47.4 Å². The van der Waals surface area contributed by atoms with Crippen molar-refractivity contribution in [3.05, 3.63) is 100 Å². The highest BCUT2D eigenvalue weighted by molar-refractivity contribution is 7.09. The number of amides is 1. The fourth-order valence-electron chi connectivity index (χ4n) is 5.07. The highest BCUT2D eigenvalue weighted by atomic mass is 32.1. The van der Waals surface area contributed by atoms with Crippen LogP contribution in [0.15, 0.2) is 82.3 Å². The summed E-state index contributed by atoms with van der Waals surface area (Å²) >= 11 is 1.60. The predicted octanol–water partition coefficient (Wildman–Crippen LogP) is 6.06. The molecule has 0 bridgehead atoms. The van der Waals surface area contributed by atoms with Gasteiger partial charge in [-0.3, -0.25) is 9.79 Å². The van der Waals surface area contributed by atoms with Crippen LogP contribution in [-0.2, 0) is 11.2 Å². The molecular formula is C31H33N5O3S. The van der Waals surface area contributed by atoms with Gasteiger partial charge in [-0.1, -0.05) is 42.1 Å². The summed E-state index contributed by atoms with van der Waals surface area (Å²) in [7, 11) is 1.65. The number of carbonyl (C=O) groups is 1. The second kappa shape index (κ2) is 11.6. The lowest BCUT2D eigenvalue weighted by atomic mass is 9.93. The van der Waals surface area contributed by atoms with Gasteiger partial charge >= 0.3 is 0 Å². The van der Waals surface area contributed by atoms with E-state index in [1.165, 1.54) is 0 Å². The second-order valence-electron chi connectivity index (χ2n) is 10.3. The Morgan fingerprint density at radius 3 is 2.70 bits per heavy atom. The summed E-state index contributed by atoms with van der Waals surface area (Å²) in [6.07, 6.45) is 3.91. The molecule has 1 fully saturated rings. The number of benzene rings is 2. The summed E-state index contributed by atoms with van der Waals surface area (Å²) in [6, 6.07) is 17.1. The molecule has 1 aliphatic rings. The van der Waals surface area contributed by atoms with Crippen molar-refractivity contribution in [2.24, 2.45) is 10.7 Å². The third-order valence-corrected chi connectivity index (χ3v) is 8.05. The lowest BCUT2D eigenvalue weighted by Gasteiger charge is -2.27. The molecule has 206 valence electrons. The van der Waals surface area contributed by atoms with Gasteiger partial charge in [-0.25, -0.2) is 4.98 Å². The first-order valence-electron chi connectivity index (χ1n) is 13.2. The molecule has 1 unspecified atom stereocenters. The van der Waals surface area contributed by atoms with Crippen molar-refractivity contribution in [2.75, 3.05) is 13.6 Å². The van der Waals surface area contributed by atoms with Crippen LogP contribution in [0.5, 0.6) is 0 Å². The molecule has 0 spiro atoms. The van der Waals surface area contributed by atoms with Crippen molar-refractivity contribution in [3.8, 4) is 11.3 Å². The topological polar surface area (TPSA) is 107 Å².